The molecule has 2 aromatic rings. The van der Waals surface area contributed by atoms with E-state index in [-0.39, 0.29) is 6.03 Å². The van der Waals surface area contributed by atoms with Crippen LogP contribution in [-0.2, 0) is 6.54 Å². The first-order valence-corrected chi connectivity index (χ1v) is 6.01. The van der Waals surface area contributed by atoms with Crippen molar-refractivity contribution >= 4 is 11.7 Å². The van der Waals surface area contributed by atoms with Gasteiger partial charge in [0.25, 0.3) is 0 Å². The fraction of sp³-hybridized carbons (Fsp3) is 0.133. The van der Waals surface area contributed by atoms with Gasteiger partial charge in [0.15, 0.2) is 0 Å². The molecule has 0 atom stereocenters. The van der Waals surface area contributed by atoms with Crippen molar-refractivity contribution in [2.75, 3.05) is 12.4 Å². The zero-order valence-electron chi connectivity index (χ0n) is 10.7. The molecule has 0 heterocycles. The number of hydrogen-bond acceptors (Lipinski definition) is 2. The van der Waals surface area contributed by atoms with E-state index in [0.717, 1.165) is 17.0 Å². The summed E-state index contributed by atoms with van der Waals surface area (Å²) in [6.07, 6.45) is 0. The summed E-state index contributed by atoms with van der Waals surface area (Å²) in [6.45, 7) is 0.454. The SMILES string of the molecule is COc1cccc(CNC(=O)Nc2ccccc2)c1. The zero-order valence-corrected chi connectivity index (χ0v) is 10.7. The van der Waals surface area contributed by atoms with Gasteiger partial charge in [0.2, 0.25) is 0 Å². The van der Waals surface area contributed by atoms with Gasteiger partial charge in [0.05, 0.1) is 7.11 Å². The lowest BCUT2D eigenvalue weighted by Crippen LogP contribution is -2.28. The molecule has 2 aromatic carbocycles. The van der Waals surface area contributed by atoms with Gasteiger partial charge in [-0.25, -0.2) is 4.79 Å². The number of rotatable bonds is 4. The number of anilines is 1. The molecule has 4 heteroatoms. The third-order valence-electron chi connectivity index (χ3n) is 2.62. The lowest BCUT2D eigenvalue weighted by Gasteiger charge is -2.08. The molecule has 0 bridgehead atoms. The van der Waals surface area contributed by atoms with Crippen molar-refractivity contribution in [3.05, 3.63) is 60.2 Å². The largest absolute Gasteiger partial charge is 0.497 e. The average molecular weight is 256 g/mol. The van der Waals surface area contributed by atoms with E-state index in [2.05, 4.69) is 10.6 Å². The zero-order chi connectivity index (χ0) is 13.5. The first-order chi connectivity index (χ1) is 9.28. The standard InChI is InChI=1S/C15H16N2O2/c1-19-14-9-5-6-12(10-14)11-16-15(18)17-13-7-3-2-4-8-13/h2-10H,11H2,1H3,(H2,16,17,18). The maximum atomic E-state index is 11.7. The summed E-state index contributed by atoms with van der Waals surface area (Å²) in [6, 6.07) is 16.7. The number of urea groups is 1. The first kappa shape index (κ1) is 13.0. The van der Waals surface area contributed by atoms with Crippen molar-refractivity contribution in [2.24, 2.45) is 0 Å². The monoisotopic (exact) mass is 256 g/mol. The van der Waals surface area contributed by atoms with E-state index in [9.17, 15) is 4.79 Å². The molecule has 0 radical (unpaired) electrons. The molecule has 4 nitrogen and oxygen atoms in total. The summed E-state index contributed by atoms with van der Waals surface area (Å²) in [5, 5.41) is 5.55. The number of carbonyl (C=O) groups is 1. The second kappa shape index (κ2) is 6.44. The van der Waals surface area contributed by atoms with E-state index >= 15 is 0 Å². The minimum Gasteiger partial charge on any atom is -0.497 e. The molecule has 0 fully saturated rings. The molecule has 0 spiro atoms. The van der Waals surface area contributed by atoms with Crippen LogP contribution in [0.25, 0.3) is 0 Å². The summed E-state index contributed by atoms with van der Waals surface area (Å²) < 4.78 is 5.13. The van der Waals surface area contributed by atoms with E-state index < -0.39 is 0 Å². The van der Waals surface area contributed by atoms with Crippen LogP contribution in [0.3, 0.4) is 0 Å². The molecule has 0 saturated carbocycles. The van der Waals surface area contributed by atoms with Gasteiger partial charge >= 0.3 is 6.03 Å². The summed E-state index contributed by atoms with van der Waals surface area (Å²) >= 11 is 0. The number of carbonyl (C=O) groups excluding carboxylic acids is 1. The lowest BCUT2D eigenvalue weighted by molar-refractivity contribution is 0.251. The second-order valence-electron chi connectivity index (χ2n) is 4.03. The molecule has 0 unspecified atom stereocenters. The van der Waals surface area contributed by atoms with Gasteiger partial charge in [-0.1, -0.05) is 30.3 Å². The number of para-hydroxylation sites is 1. The highest BCUT2D eigenvalue weighted by Crippen LogP contribution is 2.12. The third-order valence-corrected chi connectivity index (χ3v) is 2.62. The summed E-state index contributed by atoms with van der Waals surface area (Å²) in [5.74, 6) is 0.780. The summed E-state index contributed by atoms with van der Waals surface area (Å²) in [7, 11) is 1.62. The molecule has 0 aliphatic rings. The number of methoxy groups -OCH3 is 1. The Morgan fingerprint density at radius 2 is 1.89 bits per heavy atom. The molecule has 2 N–H and O–H groups in total. The smallest absolute Gasteiger partial charge is 0.319 e. The minimum atomic E-state index is -0.228. The fourth-order valence-corrected chi connectivity index (χ4v) is 1.66. The highest BCUT2D eigenvalue weighted by molar-refractivity contribution is 5.89. The number of benzene rings is 2. The van der Waals surface area contributed by atoms with E-state index in [1.807, 2.05) is 54.6 Å². The van der Waals surface area contributed by atoms with Crippen molar-refractivity contribution in [1.82, 2.24) is 5.32 Å². The van der Waals surface area contributed by atoms with E-state index in [1.165, 1.54) is 0 Å². The second-order valence-corrected chi connectivity index (χ2v) is 4.03. The quantitative estimate of drug-likeness (QED) is 0.883. The van der Waals surface area contributed by atoms with Crippen LogP contribution in [0.4, 0.5) is 10.5 Å². The van der Waals surface area contributed by atoms with Crippen molar-refractivity contribution < 1.29 is 9.53 Å². The Balaban J connectivity index is 1.86. The molecule has 2 amide bonds. The molecular formula is C15H16N2O2. The van der Waals surface area contributed by atoms with Gasteiger partial charge in [-0.15, -0.1) is 0 Å². The number of hydrogen-bond donors (Lipinski definition) is 2. The van der Waals surface area contributed by atoms with E-state index in [1.54, 1.807) is 7.11 Å². The predicted molar refractivity (Wildman–Crippen MR) is 75.3 cm³/mol. The number of ether oxygens (including phenoxy) is 1. The normalized spacial score (nSPS) is 9.74. The maximum absolute atomic E-state index is 11.7. The molecule has 0 aliphatic heterocycles. The molecular weight excluding hydrogens is 240 g/mol. The maximum Gasteiger partial charge on any atom is 0.319 e. The fourth-order valence-electron chi connectivity index (χ4n) is 1.66. The van der Waals surface area contributed by atoms with Crippen LogP contribution in [0, 0.1) is 0 Å². The molecule has 0 saturated heterocycles. The van der Waals surface area contributed by atoms with Crippen LogP contribution >= 0.6 is 0 Å². The Bertz CT molecular complexity index is 541. The number of nitrogens with one attached hydrogen (secondary N) is 2. The minimum absolute atomic E-state index is 0.228. The highest BCUT2D eigenvalue weighted by atomic mass is 16.5. The third kappa shape index (κ3) is 4.03. The van der Waals surface area contributed by atoms with Crippen LogP contribution in [0.5, 0.6) is 5.75 Å². The van der Waals surface area contributed by atoms with E-state index in [4.69, 9.17) is 4.74 Å². The molecule has 98 valence electrons. The van der Waals surface area contributed by atoms with Crippen LogP contribution in [-0.4, -0.2) is 13.1 Å². The van der Waals surface area contributed by atoms with Crippen molar-refractivity contribution in [1.29, 1.82) is 0 Å². The van der Waals surface area contributed by atoms with Crippen molar-refractivity contribution in [3.8, 4) is 5.75 Å². The molecule has 19 heavy (non-hydrogen) atoms. The molecule has 0 aromatic heterocycles. The lowest BCUT2D eigenvalue weighted by atomic mass is 10.2. The summed E-state index contributed by atoms with van der Waals surface area (Å²) in [5.41, 5.74) is 1.76. The predicted octanol–water partition coefficient (Wildman–Crippen LogP) is 3.02. The van der Waals surface area contributed by atoms with Gasteiger partial charge in [0.1, 0.15) is 5.75 Å². The van der Waals surface area contributed by atoms with Gasteiger partial charge in [-0.2, -0.15) is 0 Å². The Hall–Kier alpha value is -2.49. The van der Waals surface area contributed by atoms with Crippen LogP contribution in [0.1, 0.15) is 5.56 Å². The van der Waals surface area contributed by atoms with Crippen molar-refractivity contribution in [3.63, 3.8) is 0 Å². The van der Waals surface area contributed by atoms with Gasteiger partial charge < -0.3 is 15.4 Å². The first-order valence-electron chi connectivity index (χ1n) is 6.01. The van der Waals surface area contributed by atoms with Gasteiger partial charge in [-0.3, -0.25) is 0 Å². The van der Waals surface area contributed by atoms with Gasteiger partial charge in [-0.05, 0) is 29.8 Å². The van der Waals surface area contributed by atoms with Crippen LogP contribution < -0.4 is 15.4 Å². The average Bonchev–Trinajstić information content (AvgIpc) is 2.46. The molecule has 0 aliphatic carbocycles. The van der Waals surface area contributed by atoms with E-state index in [0.29, 0.717) is 6.54 Å². The number of amides is 2. The molecule has 2 rings (SSSR count). The Morgan fingerprint density at radius 1 is 1.11 bits per heavy atom. The Labute approximate surface area is 112 Å². The van der Waals surface area contributed by atoms with Crippen LogP contribution in [0.15, 0.2) is 54.6 Å². The van der Waals surface area contributed by atoms with Crippen LogP contribution in [0.2, 0.25) is 0 Å². The topological polar surface area (TPSA) is 50.4 Å². The van der Waals surface area contributed by atoms with Crippen molar-refractivity contribution in [2.45, 2.75) is 6.54 Å². The Morgan fingerprint density at radius 3 is 2.63 bits per heavy atom. The summed E-state index contributed by atoms with van der Waals surface area (Å²) in [4.78, 5) is 11.7. The van der Waals surface area contributed by atoms with Gasteiger partial charge in [0, 0.05) is 12.2 Å². The highest BCUT2D eigenvalue weighted by Gasteiger charge is 2.01. The Kier molecular flexibility index (Phi) is 4.39.